The Bertz CT molecular complexity index is 971. The predicted molar refractivity (Wildman–Crippen MR) is 111 cm³/mol. The van der Waals surface area contributed by atoms with Crippen LogP contribution in [0.5, 0.6) is 5.75 Å². The van der Waals surface area contributed by atoms with E-state index in [9.17, 15) is 18.0 Å². The van der Waals surface area contributed by atoms with Gasteiger partial charge < -0.3 is 14.8 Å². The number of para-hydroxylation sites is 1. The molecule has 7 heteroatoms. The topological polar surface area (TPSA) is 47.6 Å². The summed E-state index contributed by atoms with van der Waals surface area (Å²) >= 11 is 0. The molecule has 2 aromatic carbocycles. The summed E-state index contributed by atoms with van der Waals surface area (Å²) in [5.74, 6) is 0.325. The first-order chi connectivity index (χ1) is 14.6. The normalized spacial score (nSPS) is 22.5. The summed E-state index contributed by atoms with van der Waals surface area (Å²) < 4.78 is 52.2. The van der Waals surface area contributed by atoms with Crippen LogP contribution in [0.15, 0.2) is 42.5 Å². The number of fused-ring (bicyclic) bond motifs is 1. The van der Waals surface area contributed by atoms with Gasteiger partial charge in [-0.15, -0.1) is 0 Å². The molecule has 1 amide bonds. The maximum absolute atomic E-state index is 13.5. The molecule has 2 heterocycles. The van der Waals surface area contributed by atoms with E-state index in [-0.39, 0.29) is 29.1 Å². The van der Waals surface area contributed by atoms with E-state index in [1.54, 1.807) is 18.2 Å². The van der Waals surface area contributed by atoms with Crippen LogP contribution >= 0.6 is 0 Å². The van der Waals surface area contributed by atoms with Gasteiger partial charge in [0.25, 0.3) is 0 Å². The average molecular weight is 433 g/mol. The number of alkyl halides is 3. The lowest BCUT2D eigenvalue weighted by molar-refractivity contribution is -0.137. The molecule has 2 aliphatic heterocycles. The molecule has 166 valence electrons. The molecule has 0 bridgehead atoms. The van der Waals surface area contributed by atoms with Gasteiger partial charge in [0, 0.05) is 24.5 Å². The van der Waals surface area contributed by atoms with Crippen molar-refractivity contribution in [3.05, 3.63) is 53.6 Å². The molecule has 1 saturated heterocycles. The highest BCUT2D eigenvalue weighted by molar-refractivity contribution is 5.79. The Kier molecular flexibility index (Phi) is 5.73. The van der Waals surface area contributed by atoms with Gasteiger partial charge in [0.15, 0.2) is 0 Å². The van der Waals surface area contributed by atoms with Crippen molar-refractivity contribution in [1.29, 1.82) is 0 Å². The van der Waals surface area contributed by atoms with Crippen LogP contribution in [0.4, 0.5) is 13.2 Å². The van der Waals surface area contributed by atoms with E-state index in [2.05, 4.69) is 5.32 Å². The standard InChI is InChI=1S/C24H26F3NO3/c1-23(2)13-16(10-11-30-23)22(29)28-14-17-12-15-6-5-8-19(21(15)31-17)18-7-3-4-9-20(18)24(25,26)27/h3-9,16-17H,10-14H2,1-2H3,(H,28,29)/t16-,17+/m1/s1. The molecule has 4 nitrogen and oxygen atoms in total. The Morgan fingerprint density at radius 1 is 1.13 bits per heavy atom. The number of nitrogens with one attached hydrogen (secondary N) is 1. The number of halogens is 3. The van der Waals surface area contributed by atoms with Crippen LogP contribution in [0.3, 0.4) is 0 Å². The van der Waals surface area contributed by atoms with Crippen LogP contribution in [0.2, 0.25) is 0 Å². The summed E-state index contributed by atoms with van der Waals surface area (Å²) in [6.07, 6.45) is -2.90. The fraction of sp³-hybridized carbons (Fsp3) is 0.458. The van der Waals surface area contributed by atoms with E-state index in [1.807, 2.05) is 19.9 Å². The molecular formula is C24H26F3NO3. The predicted octanol–water partition coefficient (Wildman–Crippen LogP) is 5.00. The number of rotatable bonds is 4. The highest BCUT2D eigenvalue weighted by atomic mass is 19.4. The first-order valence-corrected chi connectivity index (χ1v) is 10.5. The Morgan fingerprint density at radius 2 is 1.87 bits per heavy atom. The van der Waals surface area contributed by atoms with Crippen molar-refractivity contribution >= 4 is 5.91 Å². The molecule has 0 saturated carbocycles. The van der Waals surface area contributed by atoms with Gasteiger partial charge in [-0.1, -0.05) is 36.4 Å². The summed E-state index contributed by atoms with van der Waals surface area (Å²) in [5, 5.41) is 2.96. The van der Waals surface area contributed by atoms with Crippen molar-refractivity contribution in [1.82, 2.24) is 5.32 Å². The van der Waals surface area contributed by atoms with Crippen molar-refractivity contribution in [2.45, 2.75) is 51.0 Å². The summed E-state index contributed by atoms with van der Waals surface area (Å²) in [5.41, 5.74) is 0.361. The summed E-state index contributed by atoms with van der Waals surface area (Å²) in [6, 6.07) is 10.8. The molecule has 0 spiro atoms. The van der Waals surface area contributed by atoms with Crippen molar-refractivity contribution < 1.29 is 27.4 Å². The smallest absolute Gasteiger partial charge is 0.417 e. The molecule has 31 heavy (non-hydrogen) atoms. The van der Waals surface area contributed by atoms with Crippen molar-refractivity contribution in [2.75, 3.05) is 13.2 Å². The first-order valence-electron chi connectivity index (χ1n) is 10.5. The minimum atomic E-state index is -4.46. The van der Waals surface area contributed by atoms with E-state index < -0.39 is 11.7 Å². The monoisotopic (exact) mass is 433 g/mol. The number of carbonyl (C=O) groups is 1. The van der Waals surface area contributed by atoms with Crippen molar-refractivity contribution in [3.63, 3.8) is 0 Å². The number of hydrogen-bond acceptors (Lipinski definition) is 3. The Hall–Kier alpha value is -2.54. The minimum Gasteiger partial charge on any atom is -0.487 e. The number of hydrogen-bond donors (Lipinski definition) is 1. The van der Waals surface area contributed by atoms with Crippen LogP contribution in [0.25, 0.3) is 11.1 Å². The molecule has 0 radical (unpaired) electrons. The third-order valence-corrected chi connectivity index (χ3v) is 5.92. The van der Waals surface area contributed by atoms with Crippen LogP contribution in [0.1, 0.15) is 37.8 Å². The number of benzene rings is 2. The fourth-order valence-corrected chi connectivity index (χ4v) is 4.44. The third kappa shape index (κ3) is 4.71. The number of carbonyl (C=O) groups excluding carboxylic acids is 1. The second-order valence-electron chi connectivity index (χ2n) is 8.82. The van der Waals surface area contributed by atoms with E-state index in [4.69, 9.17) is 9.47 Å². The van der Waals surface area contributed by atoms with Gasteiger partial charge in [0.05, 0.1) is 17.7 Å². The second kappa shape index (κ2) is 8.19. The van der Waals surface area contributed by atoms with Gasteiger partial charge in [0.2, 0.25) is 5.91 Å². The lowest BCUT2D eigenvalue weighted by Crippen LogP contribution is -2.43. The van der Waals surface area contributed by atoms with E-state index in [1.165, 1.54) is 12.1 Å². The maximum Gasteiger partial charge on any atom is 0.417 e. The van der Waals surface area contributed by atoms with E-state index >= 15 is 0 Å². The second-order valence-corrected chi connectivity index (χ2v) is 8.82. The van der Waals surface area contributed by atoms with Gasteiger partial charge in [-0.05, 0) is 43.9 Å². The molecule has 2 aliphatic rings. The van der Waals surface area contributed by atoms with Crippen molar-refractivity contribution in [2.24, 2.45) is 5.92 Å². The van der Waals surface area contributed by atoms with E-state index in [0.29, 0.717) is 43.7 Å². The molecule has 1 fully saturated rings. The highest BCUT2D eigenvalue weighted by Crippen LogP contribution is 2.43. The lowest BCUT2D eigenvalue weighted by atomic mass is 9.88. The van der Waals surface area contributed by atoms with Gasteiger partial charge in [-0.25, -0.2) is 0 Å². The summed E-state index contributed by atoms with van der Waals surface area (Å²) in [4.78, 5) is 12.6. The Morgan fingerprint density at radius 3 is 2.61 bits per heavy atom. The van der Waals surface area contributed by atoms with Crippen LogP contribution in [-0.2, 0) is 22.1 Å². The van der Waals surface area contributed by atoms with Crippen molar-refractivity contribution in [3.8, 4) is 16.9 Å². The molecule has 0 aliphatic carbocycles. The van der Waals surface area contributed by atoms with Crippen LogP contribution < -0.4 is 10.1 Å². The molecule has 0 unspecified atom stereocenters. The average Bonchev–Trinajstić information content (AvgIpc) is 3.14. The SMILES string of the molecule is CC1(C)C[C@H](C(=O)NC[C@@H]2Cc3cccc(-c4ccccc4C(F)(F)F)c3O2)CCO1. The number of amides is 1. The zero-order valence-electron chi connectivity index (χ0n) is 17.6. The van der Waals surface area contributed by atoms with Gasteiger partial charge in [-0.3, -0.25) is 4.79 Å². The van der Waals surface area contributed by atoms with Gasteiger partial charge in [-0.2, -0.15) is 13.2 Å². The van der Waals surface area contributed by atoms with E-state index in [0.717, 1.165) is 11.6 Å². The quantitative estimate of drug-likeness (QED) is 0.739. The molecule has 2 atom stereocenters. The van der Waals surface area contributed by atoms with Gasteiger partial charge in [0.1, 0.15) is 11.9 Å². The molecular weight excluding hydrogens is 407 g/mol. The Balaban J connectivity index is 1.47. The molecule has 1 N–H and O–H groups in total. The largest absolute Gasteiger partial charge is 0.487 e. The number of ether oxygens (including phenoxy) is 2. The first kappa shape index (κ1) is 21.7. The summed E-state index contributed by atoms with van der Waals surface area (Å²) in [6.45, 7) is 4.82. The zero-order valence-corrected chi connectivity index (χ0v) is 17.6. The molecule has 2 aromatic rings. The van der Waals surface area contributed by atoms with Crippen LogP contribution in [0, 0.1) is 5.92 Å². The summed E-state index contributed by atoms with van der Waals surface area (Å²) in [7, 11) is 0. The van der Waals surface area contributed by atoms with Crippen LogP contribution in [-0.4, -0.2) is 30.8 Å². The Labute approximate surface area is 179 Å². The lowest BCUT2D eigenvalue weighted by Gasteiger charge is -2.34. The third-order valence-electron chi connectivity index (χ3n) is 5.92. The molecule has 4 rings (SSSR count). The minimum absolute atomic E-state index is 0.0291. The fourth-order valence-electron chi connectivity index (χ4n) is 4.44. The molecule has 0 aromatic heterocycles. The zero-order chi connectivity index (χ0) is 22.2. The highest BCUT2D eigenvalue weighted by Gasteiger charge is 2.36. The van der Waals surface area contributed by atoms with Gasteiger partial charge >= 0.3 is 6.18 Å². The maximum atomic E-state index is 13.5.